The molecule has 0 spiro atoms. The van der Waals surface area contributed by atoms with Crippen LogP contribution in [0.25, 0.3) is 0 Å². The predicted octanol–water partition coefficient (Wildman–Crippen LogP) is 2.40. The van der Waals surface area contributed by atoms with Gasteiger partial charge in [-0.05, 0) is 25.8 Å². The summed E-state index contributed by atoms with van der Waals surface area (Å²) in [5.41, 5.74) is 1.17. The van der Waals surface area contributed by atoms with Crippen molar-refractivity contribution in [2.45, 2.75) is 25.8 Å². The van der Waals surface area contributed by atoms with Crippen LogP contribution in [0.2, 0.25) is 0 Å². The molecule has 0 aliphatic heterocycles. The number of anilines is 1. The van der Waals surface area contributed by atoms with Crippen LogP contribution >= 0.6 is 0 Å². The van der Waals surface area contributed by atoms with Gasteiger partial charge in [-0.25, -0.2) is 0 Å². The van der Waals surface area contributed by atoms with Crippen molar-refractivity contribution in [2.75, 3.05) is 11.9 Å². The van der Waals surface area contributed by atoms with E-state index in [2.05, 4.69) is 0 Å². The van der Waals surface area contributed by atoms with Gasteiger partial charge >= 0.3 is 0 Å². The van der Waals surface area contributed by atoms with Gasteiger partial charge in [0.1, 0.15) is 0 Å². The zero-order valence-corrected chi connectivity index (χ0v) is 9.84. The molecule has 0 bridgehead atoms. The first-order valence-corrected chi connectivity index (χ1v) is 5.53. The lowest BCUT2D eigenvalue weighted by Crippen LogP contribution is -2.21. The number of Topliss-reactive ketones (excluding diaryl/α,β-unsaturated/α-hetero) is 1. The Morgan fingerprint density at radius 3 is 2.59 bits per heavy atom. The van der Waals surface area contributed by atoms with Gasteiger partial charge in [0.25, 0.3) is 5.69 Å². The zero-order chi connectivity index (χ0) is 12.6. The number of nitrogens with zero attached hydrogens (tertiary/aromatic N) is 2. The highest BCUT2D eigenvalue weighted by molar-refractivity contribution is 6.00. The van der Waals surface area contributed by atoms with Crippen molar-refractivity contribution in [2.24, 2.45) is 0 Å². The van der Waals surface area contributed by atoms with E-state index in [1.165, 1.54) is 19.1 Å². The smallest absolute Gasteiger partial charge is 0.270 e. The van der Waals surface area contributed by atoms with E-state index in [9.17, 15) is 14.9 Å². The maximum atomic E-state index is 11.5. The van der Waals surface area contributed by atoms with Gasteiger partial charge in [-0.2, -0.15) is 0 Å². The fraction of sp³-hybridized carbons (Fsp3) is 0.417. The zero-order valence-electron chi connectivity index (χ0n) is 9.84. The molecule has 0 radical (unpaired) electrons. The second-order valence-corrected chi connectivity index (χ2v) is 4.36. The van der Waals surface area contributed by atoms with Gasteiger partial charge < -0.3 is 4.90 Å². The summed E-state index contributed by atoms with van der Waals surface area (Å²) < 4.78 is 0. The summed E-state index contributed by atoms with van der Waals surface area (Å²) in [6.45, 7) is 1.43. The fourth-order valence-corrected chi connectivity index (χ4v) is 1.89. The number of carbonyl (C=O) groups is 1. The fourth-order valence-electron chi connectivity index (χ4n) is 1.89. The lowest BCUT2D eigenvalue weighted by Gasteiger charge is -2.20. The van der Waals surface area contributed by atoms with Crippen LogP contribution in [0.5, 0.6) is 0 Å². The van der Waals surface area contributed by atoms with Crippen molar-refractivity contribution in [3.8, 4) is 0 Å². The van der Waals surface area contributed by atoms with Gasteiger partial charge in [0.2, 0.25) is 0 Å². The highest BCUT2D eigenvalue weighted by Gasteiger charge is 2.28. The normalized spacial score (nSPS) is 14.5. The maximum Gasteiger partial charge on any atom is 0.270 e. The molecular formula is C12H14N2O3. The van der Waals surface area contributed by atoms with Gasteiger partial charge in [0.05, 0.1) is 4.92 Å². The second-order valence-electron chi connectivity index (χ2n) is 4.36. The molecule has 1 aromatic rings. The Bertz CT molecular complexity index is 481. The summed E-state index contributed by atoms with van der Waals surface area (Å²) in [6, 6.07) is 4.93. The molecule has 2 rings (SSSR count). The summed E-state index contributed by atoms with van der Waals surface area (Å²) in [6.07, 6.45) is 2.23. The van der Waals surface area contributed by atoms with Crippen LogP contribution in [-0.2, 0) is 0 Å². The predicted molar refractivity (Wildman–Crippen MR) is 64.5 cm³/mol. The Balaban J connectivity index is 2.43. The Hall–Kier alpha value is -1.91. The summed E-state index contributed by atoms with van der Waals surface area (Å²) in [7, 11) is 1.92. The van der Waals surface area contributed by atoms with E-state index in [1.807, 2.05) is 11.9 Å². The molecule has 90 valence electrons. The summed E-state index contributed by atoms with van der Waals surface area (Å²) >= 11 is 0. The van der Waals surface area contributed by atoms with Crippen LogP contribution in [0.3, 0.4) is 0 Å². The summed E-state index contributed by atoms with van der Waals surface area (Å²) in [5, 5.41) is 10.7. The van der Waals surface area contributed by atoms with Crippen LogP contribution in [0.1, 0.15) is 30.1 Å². The van der Waals surface area contributed by atoms with Crippen molar-refractivity contribution in [1.82, 2.24) is 0 Å². The first-order chi connectivity index (χ1) is 8.00. The van der Waals surface area contributed by atoms with E-state index < -0.39 is 4.92 Å². The lowest BCUT2D eigenvalue weighted by molar-refractivity contribution is -0.384. The quantitative estimate of drug-likeness (QED) is 0.456. The molecule has 1 aliphatic rings. The largest absolute Gasteiger partial charge is 0.371 e. The molecule has 0 saturated heterocycles. The number of ketones is 1. The Morgan fingerprint density at radius 2 is 2.12 bits per heavy atom. The van der Waals surface area contributed by atoms with E-state index in [0.717, 1.165) is 18.5 Å². The average molecular weight is 234 g/mol. The molecule has 17 heavy (non-hydrogen) atoms. The number of non-ortho nitro benzene ring substituents is 1. The Kier molecular flexibility index (Phi) is 2.83. The van der Waals surface area contributed by atoms with Gasteiger partial charge in [0.15, 0.2) is 5.78 Å². The minimum Gasteiger partial charge on any atom is -0.371 e. The molecule has 1 aliphatic carbocycles. The van der Waals surface area contributed by atoms with Crippen LogP contribution < -0.4 is 4.90 Å². The molecule has 0 N–H and O–H groups in total. The number of benzene rings is 1. The van der Waals surface area contributed by atoms with Crippen molar-refractivity contribution >= 4 is 17.2 Å². The molecule has 1 fully saturated rings. The molecule has 0 atom stereocenters. The number of rotatable bonds is 4. The van der Waals surface area contributed by atoms with E-state index in [0.29, 0.717) is 11.6 Å². The number of carbonyl (C=O) groups excluding carboxylic acids is 1. The highest BCUT2D eigenvalue weighted by atomic mass is 16.6. The van der Waals surface area contributed by atoms with Crippen LogP contribution in [0.4, 0.5) is 11.4 Å². The number of hydrogen-bond acceptors (Lipinski definition) is 4. The standard InChI is InChI=1S/C12H14N2O3/c1-8(15)11-7-10(14(16)17)5-6-12(11)13(2)9-3-4-9/h5-7,9H,3-4H2,1-2H3. The third-order valence-corrected chi connectivity index (χ3v) is 3.04. The summed E-state index contributed by atoms with van der Waals surface area (Å²) in [4.78, 5) is 23.8. The molecule has 0 heterocycles. The molecule has 0 aromatic heterocycles. The average Bonchev–Trinajstić information content (AvgIpc) is 3.10. The topological polar surface area (TPSA) is 63.4 Å². The van der Waals surface area contributed by atoms with Crippen LogP contribution in [-0.4, -0.2) is 23.8 Å². The molecule has 5 nitrogen and oxygen atoms in total. The molecule has 5 heteroatoms. The maximum absolute atomic E-state index is 11.5. The summed E-state index contributed by atoms with van der Waals surface area (Å²) in [5.74, 6) is -0.142. The van der Waals surface area contributed by atoms with Gasteiger partial charge in [-0.1, -0.05) is 0 Å². The third kappa shape index (κ3) is 2.27. The van der Waals surface area contributed by atoms with E-state index in [4.69, 9.17) is 0 Å². The van der Waals surface area contributed by atoms with Crippen LogP contribution in [0, 0.1) is 10.1 Å². The first-order valence-electron chi connectivity index (χ1n) is 5.53. The molecule has 1 saturated carbocycles. The molecule has 0 unspecified atom stereocenters. The number of hydrogen-bond donors (Lipinski definition) is 0. The Morgan fingerprint density at radius 1 is 1.47 bits per heavy atom. The van der Waals surface area contributed by atoms with E-state index in [-0.39, 0.29) is 11.5 Å². The molecular weight excluding hydrogens is 220 g/mol. The van der Waals surface area contributed by atoms with Crippen LogP contribution in [0.15, 0.2) is 18.2 Å². The van der Waals surface area contributed by atoms with Gasteiger partial charge in [-0.15, -0.1) is 0 Å². The van der Waals surface area contributed by atoms with Crippen molar-refractivity contribution in [3.63, 3.8) is 0 Å². The third-order valence-electron chi connectivity index (χ3n) is 3.04. The van der Waals surface area contributed by atoms with Gasteiger partial charge in [-0.3, -0.25) is 14.9 Å². The first kappa shape index (κ1) is 11.6. The lowest BCUT2D eigenvalue weighted by atomic mass is 10.1. The van der Waals surface area contributed by atoms with Crippen molar-refractivity contribution < 1.29 is 9.72 Å². The monoisotopic (exact) mass is 234 g/mol. The second kappa shape index (κ2) is 4.16. The number of nitro benzene ring substituents is 1. The van der Waals surface area contributed by atoms with E-state index in [1.54, 1.807) is 6.07 Å². The van der Waals surface area contributed by atoms with Gasteiger partial charge in [0, 0.05) is 36.5 Å². The van der Waals surface area contributed by atoms with E-state index >= 15 is 0 Å². The minimum atomic E-state index is -0.479. The Labute approximate surface area is 99.2 Å². The minimum absolute atomic E-state index is 0.0388. The molecule has 0 amide bonds. The van der Waals surface area contributed by atoms with Crippen molar-refractivity contribution in [3.05, 3.63) is 33.9 Å². The molecule has 1 aromatic carbocycles. The van der Waals surface area contributed by atoms with Crippen molar-refractivity contribution in [1.29, 1.82) is 0 Å². The highest BCUT2D eigenvalue weighted by Crippen LogP contribution is 2.33. The SMILES string of the molecule is CC(=O)c1cc([N+](=O)[O-])ccc1N(C)C1CC1. The number of nitro groups is 1.